The summed E-state index contributed by atoms with van der Waals surface area (Å²) >= 11 is 0. The van der Waals surface area contributed by atoms with Gasteiger partial charge in [-0.25, -0.2) is 0 Å². The van der Waals surface area contributed by atoms with Gasteiger partial charge in [0.2, 0.25) is 5.91 Å². The molecule has 1 aliphatic heterocycles. The van der Waals surface area contributed by atoms with Crippen molar-refractivity contribution in [2.45, 2.75) is 60.4 Å². The largest absolute Gasteiger partial charge is 0.356 e. The Balaban J connectivity index is 2.67. The summed E-state index contributed by atoms with van der Waals surface area (Å²) in [7, 11) is 0. The third kappa shape index (κ3) is 3.73. The van der Waals surface area contributed by atoms with Crippen molar-refractivity contribution < 1.29 is 4.79 Å². The molecular formula is C17H34N4O. The SMILES string of the molecule is CCNC(=NCCC(=O)N(CC)CC)N1CC(C)(C)C1(C)C. The topological polar surface area (TPSA) is 47.9 Å². The number of rotatable bonds is 6. The number of nitrogens with zero attached hydrogens (tertiary/aromatic N) is 3. The van der Waals surface area contributed by atoms with Crippen LogP contribution in [0.15, 0.2) is 4.99 Å². The van der Waals surface area contributed by atoms with E-state index in [4.69, 9.17) is 0 Å². The molecule has 1 amide bonds. The van der Waals surface area contributed by atoms with Gasteiger partial charge in [-0.2, -0.15) is 0 Å². The minimum Gasteiger partial charge on any atom is -0.356 e. The van der Waals surface area contributed by atoms with Crippen LogP contribution in [0, 0.1) is 5.41 Å². The summed E-state index contributed by atoms with van der Waals surface area (Å²) in [5.41, 5.74) is 0.358. The predicted molar refractivity (Wildman–Crippen MR) is 93.1 cm³/mol. The lowest BCUT2D eigenvalue weighted by Gasteiger charge is -2.62. The highest BCUT2D eigenvalue weighted by atomic mass is 16.2. The summed E-state index contributed by atoms with van der Waals surface area (Å²) in [6.45, 7) is 19.1. The number of hydrogen-bond acceptors (Lipinski definition) is 2. The van der Waals surface area contributed by atoms with Crippen LogP contribution in [0.3, 0.4) is 0 Å². The Morgan fingerprint density at radius 1 is 1.18 bits per heavy atom. The molecule has 1 heterocycles. The zero-order chi connectivity index (χ0) is 17.0. The van der Waals surface area contributed by atoms with Crippen LogP contribution in [0.25, 0.3) is 0 Å². The second-order valence-electron chi connectivity index (χ2n) is 7.08. The highest BCUT2D eigenvalue weighted by molar-refractivity contribution is 5.82. The molecule has 1 saturated heterocycles. The lowest BCUT2D eigenvalue weighted by atomic mass is 9.65. The zero-order valence-corrected chi connectivity index (χ0v) is 15.5. The van der Waals surface area contributed by atoms with Crippen molar-refractivity contribution >= 4 is 11.9 Å². The van der Waals surface area contributed by atoms with Crippen LogP contribution < -0.4 is 5.32 Å². The van der Waals surface area contributed by atoms with Crippen LogP contribution in [-0.2, 0) is 4.79 Å². The van der Waals surface area contributed by atoms with Crippen molar-refractivity contribution in [3.05, 3.63) is 0 Å². The van der Waals surface area contributed by atoms with E-state index in [-0.39, 0.29) is 16.9 Å². The summed E-state index contributed by atoms with van der Waals surface area (Å²) in [6, 6.07) is 0. The van der Waals surface area contributed by atoms with E-state index in [2.05, 4.69) is 49.8 Å². The molecule has 0 aromatic carbocycles. The number of carbonyl (C=O) groups excluding carboxylic acids is 1. The molecule has 128 valence electrons. The molecule has 1 rings (SSSR count). The maximum absolute atomic E-state index is 12.1. The Labute approximate surface area is 136 Å². The highest BCUT2D eigenvalue weighted by Gasteiger charge is 2.53. The summed E-state index contributed by atoms with van der Waals surface area (Å²) in [5.74, 6) is 1.12. The molecule has 1 N–H and O–H groups in total. The molecule has 22 heavy (non-hydrogen) atoms. The Morgan fingerprint density at radius 2 is 1.77 bits per heavy atom. The second kappa shape index (κ2) is 7.34. The summed E-state index contributed by atoms with van der Waals surface area (Å²) in [6.07, 6.45) is 0.480. The zero-order valence-electron chi connectivity index (χ0n) is 15.5. The molecule has 0 bridgehead atoms. The fourth-order valence-corrected chi connectivity index (χ4v) is 2.79. The first-order valence-electron chi connectivity index (χ1n) is 8.55. The van der Waals surface area contributed by atoms with Crippen LogP contribution in [0.1, 0.15) is 54.9 Å². The normalized spacial score (nSPS) is 19.6. The van der Waals surface area contributed by atoms with Gasteiger partial charge in [0.25, 0.3) is 0 Å². The van der Waals surface area contributed by atoms with Gasteiger partial charge in [0, 0.05) is 43.6 Å². The average molecular weight is 310 g/mol. The fraction of sp³-hybridized carbons (Fsp3) is 0.882. The Morgan fingerprint density at radius 3 is 2.18 bits per heavy atom. The van der Waals surface area contributed by atoms with E-state index in [0.29, 0.717) is 13.0 Å². The van der Waals surface area contributed by atoms with Gasteiger partial charge in [-0.3, -0.25) is 9.79 Å². The molecule has 0 atom stereocenters. The van der Waals surface area contributed by atoms with Crippen molar-refractivity contribution in [1.82, 2.24) is 15.1 Å². The van der Waals surface area contributed by atoms with Crippen molar-refractivity contribution in [3.63, 3.8) is 0 Å². The number of nitrogens with one attached hydrogen (secondary N) is 1. The van der Waals surface area contributed by atoms with E-state index >= 15 is 0 Å². The smallest absolute Gasteiger partial charge is 0.224 e. The van der Waals surface area contributed by atoms with Crippen LogP contribution in [0.2, 0.25) is 0 Å². The number of likely N-dealkylation sites (tertiary alicyclic amines) is 1. The number of carbonyl (C=O) groups is 1. The molecule has 0 aromatic rings. The third-order valence-electron chi connectivity index (χ3n) is 5.18. The molecular weight excluding hydrogens is 276 g/mol. The number of guanidine groups is 1. The first kappa shape index (κ1) is 18.8. The Bertz CT molecular complexity index is 411. The molecule has 0 aromatic heterocycles. The predicted octanol–water partition coefficient (Wildman–Crippen LogP) is 2.33. The van der Waals surface area contributed by atoms with E-state index in [1.807, 2.05) is 18.7 Å². The quantitative estimate of drug-likeness (QED) is 0.605. The third-order valence-corrected chi connectivity index (χ3v) is 5.18. The first-order valence-corrected chi connectivity index (χ1v) is 8.55. The van der Waals surface area contributed by atoms with Crippen LogP contribution in [0.4, 0.5) is 0 Å². The van der Waals surface area contributed by atoms with Crippen molar-refractivity contribution in [2.75, 3.05) is 32.7 Å². The van der Waals surface area contributed by atoms with Crippen molar-refractivity contribution in [3.8, 4) is 0 Å². The summed E-state index contributed by atoms with van der Waals surface area (Å²) in [4.78, 5) is 20.9. The van der Waals surface area contributed by atoms with Crippen molar-refractivity contribution in [2.24, 2.45) is 10.4 Å². The minimum atomic E-state index is 0.0802. The summed E-state index contributed by atoms with van der Waals surface area (Å²) < 4.78 is 0. The van der Waals surface area contributed by atoms with E-state index < -0.39 is 0 Å². The summed E-state index contributed by atoms with van der Waals surface area (Å²) in [5, 5.41) is 3.36. The molecule has 0 saturated carbocycles. The number of amides is 1. The van der Waals surface area contributed by atoms with Gasteiger partial charge in [0.1, 0.15) is 0 Å². The lowest BCUT2D eigenvalue weighted by Crippen LogP contribution is -2.72. The van der Waals surface area contributed by atoms with Gasteiger partial charge in [-0.15, -0.1) is 0 Å². The van der Waals surface area contributed by atoms with Gasteiger partial charge in [-0.1, -0.05) is 13.8 Å². The van der Waals surface area contributed by atoms with E-state index in [0.717, 1.165) is 32.1 Å². The molecule has 0 spiro atoms. The van der Waals surface area contributed by atoms with E-state index in [9.17, 15) is 4.79 Å². The molecule has 0 radical (unpaired) electrons. The number of aliphatic imine (C=N–C) groups is 1. The van der Waals surface area contributed by atoms with Gasteiger partial charge < -0.3 is 15.1 Å². The lowest BCUT2D eigenvalue weighted by molar-refractivity contribution is -0.130. The van der Waals surface area contributed by atoms with Crippen LogP contribution in [0.5, 0.6) is 0 Å². The van der Waals surface area contributed by atoms with E-state index in [1.165, 1.54) is 0 Å². The maximum Gasteiger partial charge on any atom is 0.224 e. The van der Waals surface area contributed by atoms with Crippen LogP contribution in [-0.4, -0.2) is 59.9 Å². The Kier molecular flexibility index (Phi) is 6.27. The second-order valence-corrected chi connectivity index (χ2v) is 7.08. The van der Waals surface area contributed by atoms with Gasteiger partial charge in [0.05, 0.1) is 6.54 Å². The first-order chi connectivity index (χ1) is 10.2. The Hall–Kier alpha value is -1.26. The molecule has 0 aliphatic carbocycles. The van der Waals surface area contributed by atoms with Crippen molar-refractivity contribution in [1.29, 1.82) is 0 Å². The molecule has 1 aliphatic rings. The minimum absolute atomic E-state index is 0.0802. The van der Waals surface area contributed by atoms with Gasteiger partial charge in [0.15, 0.2) is 5.96 Å². The van der Waals surface area contributed by atoms with Crippen LogP contribution >= 0.6 is 0 Å². The van der Waals surface area contributed by atoms with Gasteiger partial charge >= 0.3 is 0 Å². The maximum atomic E-state index is 12.1. The van der Waals surface area contributed by atoms with Gasteiger partial charge in [-0.05, 0) is 34.6 Å². The molecule has 1 fully saturated rings. The average Bonchev–Trinajstić information content (AvgIpc) is 2.45. The molecule has 5 heteroatoms. The monoisotopic (exact) mass is 310 g/mol. The number of hydrogen-bond donors (Lipinski definition) is 1. The fourth-order valence-electron chi connectivity index (χ4n) is 2.79. The van der Waals surface area contributed by atoms with E-state index in [1.54, 1.807) is 0 Å². The molecule has 0 unspecified atom stereocenters. The highest BCUT2D eigenvalue weighted by Crippen LogP contribution is 2.46. The molecule has 5 nitrogen and oxygen atoms in total. The standard InChI is InChI=1S/C17H34N4O/c1-8-18-15(21-13-16(4,5)17(21,6)7)19-12-11-14(22)20(9-2)10-3/h8-13H2,1-7H3,(H,18,19).